The highest BCUT2D eigenvalue weighted by molar-refractivity contribution is 9.11. The summed E-state index contributed by atoms with van der Waals surface area (Å²) in [4.78, 5) is 12.0. The molecule has 0 unspecified atom stereocenters. The van der Waals surface area contributed by atoms with Crippen molar-refractivity contribution in [3.8, 4) is 0 Å². The van der Waals surface area contributed by atoms with E-state index in [1.807, 2.05) is 6.92 Å². The van der Waals surface area contributed by atoms with Gasteiger partial charge in [0.25, 0.3) is 5.91 Å². The van der Waals surface area contributed by atoms with E-state index in [2.05, 4.69) is 21.2 Å². The lowest BCUT2D eigenvalue weighted by Gasteiger charge is -2.06. The van der Waals surface area contributed by atoms with Crippen molar-refractivity contribution in [2.45, 2.75) is 11.8 Å². The van der Waals surface area contributed by atoms with Crippen LogP contribution in [0.4, 0.5) is 10.1 Å². The SMILES string of the molecule is Cc1cc(C(=O)Nc2ccc(S(N)(=O)=O)cc2F)sc1Br. The molecule has 9 heteroatoms. The highest BCUT2D eigenvalue weighted by Gasteiger charge is 2.15. The van der Waals surface area contributed by atoms with E-state index in [9.17, 15) is 17.6 Å². The molecule has 1 aromatic carbocycles. The van der Waals surface area contributed by atoms with E-state index in [0.717, 1.165) is 27.5 Å². The number of amides is 1. The number of sulfonamides is 1. The van der Waals surface area contributed by atoms with E-state index < -0.39 is 21.7 Å². The number of anilines is 1. The number of thiophene rings is 1. The molecular weight excluding hydrogens is 383 g/mol. The second-order valence-corrected chi connectivity index (χ2v) is 8.14. The summed E-state index contributed by atoms with van der Waals surface area (Å²) in [6.45, 7) is 1.83. The number of benzene rings is 1. The van der Waals surface area contributed by atoms with Crippen LogP contribution in [0.1, 0.15) is 15.2 Å². The number of rotatable bonds is 3. The van der Waals surface area contributed by atoms with Crippen LogP contribution in [-0.2, 0) is 10.0 Å². The van der Waals surface area contributed by atoms with E-state index in [1.54, 1.807) is 6.07 Å². The number of nitrogens with one attached hydrogen (secondary N) is 1. The molecule has 0 aliphatic carbocycles. The maximum atomic E-state index is 13.8. The van der Waals surface area contributed by atoms with Gasteiger partial charge in [0, 0.05) is 0 Å². The lowest BCUT2D eigenvalue weighted by atomic mass is 10.3. The summed E-state index contributed by atoms with van der Waals surface area (Å²) in [7, 11) is -3.98. The predicted octanol–water partition coefficient (Wildman–Crippen LogP) is 2.86. The van der Waals surface area contributed by atoms with Crippen LogP contribution in [0, 0.1) is 12.7 Å². The average Bonchev–Trinajstić information content (AvgIpc) is 2.71. The molecule has 1 heterocycles. The molecule has 0 bridgehead atoms. The summed E-state index contributed by atoms with van der Waals surface area (Å²) < 4.78 is 36.8. The first-order valence-corrected chi connectivity index (χ1v) is 8.73. The van der Waals surface area contributed by atoms with Crippen LogP contribution in [0.2, 0.25) is 0 Å². The molecule has 5 nitrogen and oxygen atoms in total. The van der Waals surface area contributed by atoms with Crippen molar-refractivity contribution in [3.05, 3.63) is 44.3 Å². The molecule has 0 saturated heterocycles. The van der Waals surface area contributed by atoms with Crippen molar-refractivity contribution in [3.63, 3.8) is 0 Å². The number of hydrogen-bond donors (Lipinski definition) is 2. The maximum absolute atomic E-state index is 13.8. The van der Waals surface area contributed by atoms with E-state index in [4.69, 9.17) is 5.14 Å². The van der Waals surface area contributed by atoms with Crippen LogP contribution < -0.4 is 10.5 Å². The van der Waals surface area contributed by atoms with Crippen molar-refractivity contribution >= 4 is 48.9 Å². The molecule has 112 valence electrons. The van der Waals surface area contributed by atoms with Crippen LogP contribution in [0.3, 0.4) is 0 Å². The average molecular weight is 393 g/mol. The topological polar surface area (TPSA) is 89.3 Å². The molecular formula is C12H10BrFN2O3S2. The maximum Gasteiger partial charge on any atom is 0.265 e. The Labute approximate surface area is 133 Å². The van der Waals surface area contributed by atoms with Gasteiger partial charge < -0.3 is 5.32 Å². The van der Waals surface area contributed by atoms with Crippen molar-refractivity contribution in [1.29, 1.82) is 0 Å². The van der Waals surface area contributed by atoms with Gasteiger partial charge in [-0.05, 0) is 52.7 Å². The molecule has 0 atom stereocenters. The molecule has 1 amide bonds. The molecule has 0 radical (unpaired) electrons. The Bertz CT molecular complexity index is 798. The fourth-order valence-corrected chi connectivity index (χ4v) is 3.49. The minimum atomic E-state index is -3.98. The van der Waals surface area contributed by atoms with Crippen LogP contribution in [0.15, 0.2) is 32.9 Å². The zero-order valence-electron chi connectivity index (χ0n) is 10.7. The van der Waals surface area contributed by atoms with Crippen molar-refractivity contribution in [2.75, 3.05) is 5.32 Å². The van der Waals surface area contributed by atoms with Crippen LogP contribution in [0.5, 0.6) is 0 Å². The lowest BCUT2D eigenvalue weighted by Crippen LogP contribution is -2.14. The summed E-state index contributed by atoms with van der Waals surface area (Å²) in [5, 5.41) is 7.29. The summed E-state index contributed by atoms with van der Waals surface area (Å²) in [5.41, 5.74) is 0.782. The fraction of sp³-hybridized carbons (Fsp3) is 0.0833. The normalized spacial score (nSPS) is 11.4. The number of carbonyl (C=O) groups is 1. The molecule has 0 saturated carbocycles. The highest BCUT2D eigenvalue weighted by Crippen LogP contribution is 2.28. The van der Waals surface area contributed by atoms with Gasteiger partial charge in [-0.3, -0.25) is 4.79 Å². The first kappa shape index (κ1) is 16.1. The molecule has 0 spiro atoms. The van der Waals surface area contributed by atoms with Crippen molar-refractivity contribution in [2.24, 2.45) is 5.14 Å². The third kappa shape index (κ3) is 3.67. The highest BCUT2D eigenvalue weighted by atomic mass is 79.9. The van der Waals surface area contributed by atoms with E-state index in [0.29, 0.717) is 4.88 Å². The Morgan fingerprint density at radius 3 is 2.52 bits per heavy atom. The Hall–Kier alpha value is -1.29. The fourth-order valence-electron chi connectivity index (χ4n) is 1.53. The van der Waals surface area contributed by atoms with Gasteiger partial charge in [-0.15, -0.1) is 11.3 Å². The molecule has 2 rings (SSSR count). The van der Waals surface area contributed by atoms with Gasteiger partial charge in [0.15, 0.2) is 0 Å². The first-order valence-electron chi connectivity index (χ1n) is 5.58. The summed E-state index contributed by atoms with van der Waals surface area (Å²) in [6.07, 6.45) is 0. The Morgan fingerprint density at radius 2 is 2.05 bits per heavy atom. The van der Waals surface area contributed by atoms with E-state index in [1.165, 1.54) is 11.3 Å². The molecule has 0 aliphatic rings. The number of aryl methyl sites for hydroxylation is 1. The van der Waals surface area contributed by atoms with Crippen LogP contribution in [-0.4, -0.2) is 14.3 Å². The zero-order valence-corrected chi connectivity index (χ0v) is 13.9. The number of primary sulfonamides is 1. The monoisotopic (exact) mass is 392 g/mol. The zero-order chi connectivity index (χ0) is 15.8. The van der Waals surface area contributed by atoms with Gasteiger partial charge in [0.05, 0.1) is 19.2 Å². The molecule has 1 aromatic heterocycles. The summed E-state index contributed by atoms with van der Waals surface area (Å²) in [5.74, 6) is -1.35. The molecule has 0 aliphatic heterocycles. The van der Waals surface area contributed by atoms with Crippen molar-refractivity contribution < 1.29 is 17.6 Å². The molecule has 0 fully saturated rings. The number of nitrogens with two attached hydrogens (primary N) is 1. The third-order valence-electron chi connectivity index (χ3n) is 2.60. The van der Waals surface area contributed by atoms with Crippen LogP contribution in [0.25, 0.3) is 0 Å². The van der Waals surface area contributed by atoms with Crippen molar-refractivity contribution in [1.82, 2.24) is 0 Å². The first-order chi connectivity index (χ1) is 9.68. The summed E-state index contributed by atoms with van der Waals surface area (Å²) in [6, 6.07) is 4.72. The standard InChI is InChI=1S/C12H10BrFN2O3S2/c1-6-4-10(20-11(6)13)12(17)16-9-3-2-7(5-8(9)14)21(15,18)19/h2-5H,1H3,(H,16,17)(H2,15,18,19). The molecule has 3 N–H and O–H groups in total. The van der Waals surface area contributed by atoms with Gasteiger partial charge in [-0.1, -0.05) is 0 Å². The van der Waals surface area contributed by atoms with E-state index in [-0.39, 0.29) is 10.6 Å². The smallest absolute Gasteiger partial charge is 0.265 e. The Morgan fingerprint density at radius 1 is 1.38 bits per heavy atom. The van der Waals surface area contributed by atoms with Crippen LogP contribution >= 0.6 is 27.3 Å². The number of hydrogen-bond acceptors (Lipinski definition) is 4. The number of halogens is 2. The lowest BCUT2D eigenvalue weighted by molar-refractivity contribution is 0.103. The number of carbonyl (C=O) groups excluding carboxylic acids is 1. The Balaban J connectivity index is 2.26. The quantitative estimate of drug-likeness (QED) is 0.841. The minimum Gasteiger partial charge on any atom is -0.319 e. The summed E-state index contributed by atoms with van der Waals surface area (Å²) >= 11 is 4.52. The van der Waals surface area contributed by atoms with Gasteiger partial charge in [0.1, 0.15) is 5.82 Å². The second-order valence-electron chi connectivity index (χ2n) is 4.21. The van der Waals surface area contributed by atoms with Gasteiger partial charge >= 0.3 is 0 Å². The van der Waals surface area contributed by atoms with E-state index >= 15 is 0 Å². The van der Waals surface area contributed by atoms with Gasteiger partial charge in [-0.25, -0.2) is 17.9 Å². The Kier molecular flexibility index (Phi) is 4.47. The largest absolute Gasteiger partial charge is 0.319 e. The van der Waals surface area contributed by atoms with Gasteiger partial charge in [0.2, 0.25) is 10.0 Å². The third-order valence-corrected chi connectivity index (χ3v) is 5.64. The molecule has 2 aromatic rings. The minimum absolute atomic E-state index is 0.116. The van der Waals surface area contributed by atoms with Gasteiger partial charge in [-0.2, -0.15) is 0 Å². The second kappa shape index (κ2) is 5.84. The molecule has 21 heavy (non-hydrogen) atoms. The predicted molar refractivity (Wildman–Crippen MR) is 82.5 cm³/mol.